The highest BCUT2D eigenvalue weighted by atomic mass is 16.5. The Morgan fingerprint density at radius 1 is 1.00 bits per heavy atom. The largest absolute Gasteiger partial charge is 0.393 e. The van der Waals surface area contributed by atoms with E-state index in [2.05, 4.69) is 40.7 Å². The summed E-state index contributed by atoms with van der Waals surface area (Å²) in [5, 5.41) is 21.3. The molecule has 3 heteroatoms. The van der Waals surface area contributed by atoms with Gasteiger partial charge in [0.15, 0.2) is 0 Å². The Kier molecular flexibility index (Phi) is 9.77. The molecule has 1 unspecified atom stereocenters. The molecule has 0 amide bonds. The fourth-order valence-corrected chi connectivity index (χ4v) is 8.93. The van der Waals surface area contributed by atoms with Crippen LogP contribution in [-0.4, -0.2) is 35.6 Å². The van der Waals surface area contributed by atoms with Crippen molar-refractivity contribution < 1.29 is 14.9 Å². The summed E-state index contributed by atoms with van der Waals surface area (Å²) < 4.78 is 4.83. The van der Waals surface area contributed by atoms with Crippen LogP contribution < -0.4 is 0 Å². The molecular formula is C31H56O3. The number of fused-ring (bicyclic) bond motifs is 5. The third-order valence-electron chi connectivity index (χ3n) is 10.8. The van der Waals surface area contributed by atoms with Crippen LogP contribution >= 0.6 is 0 Å². The van der Waals surface area contributed by atoms with Crippen molar-refractivity contribution in [1.29, 1.82) is 0 Å². The third kappa shape index (κ3) is 5.47. The maximum Gasteiger partial charge on any atom is 0.0658 e. The van der Waals surface area contributed by atoms with E-state index in [9.17, 15) is 10.2 Å². The van der Waals surface area contributed by atoms with Crippen molar-refractivity contribution in [2.75, 3.05) is 13.2 Å². The van der Waals surface area contributed by atoms with E-state index in [0.717, 1.165) is 49.2 Å². The van der Waals surface area contributed by atoms with Gasteiger partial charge in [-0.1, -0.05) is 65.5 Å². The maximum atomic E-state index is 11.1. The van der Waals surface area contributed by atoms with Gasteiger partial charge in [0.05, 0.1) is 12.2 Å². The van der Waals surface area contributed by atoms with E-state index in [-0.39, 0.29) is 17.6 Å². The zero-order valence-corrected chi connectivity index (χ0v) is 23.5. The van der Waals surface area contributed by atoms with E-state index in [0.29, 0.717) is 17.8 Å². The van der Waals surface area contributed by atoms with Gasteiger partial charge in [-0.2, -0.15) is 0 Å². The van der Waals surface area contributed by atoms with Crippen molar-refractivity contribution in [3.8, 4) is 0 Å². The normalized spacial score (nSPS) is 42.1. The number of allylic oxidation sites excluding steroid dienone is 1. The molecule has 4 rings (SSSR count). The Morgan fingerprint density at radius 2 is 1.71 bits per heavy atom. The molecule has 3 fully saturated rings. The van der Waals surface area contributed by atoms with Crippen LogP contribution in [0.2, 0.25) is 0 Å². The minimum atomic E-state index is -0.373. The molecule has 4 aliphatic rings. The summed E-state index contributed by atoms with van der Waals surface area (Å²) in [6.07, 6.45) is 13.8. The lowest BCUT2D eigenvalue weighted by Gasteiger charge is -2.59. The number of aliphatic hydroxyl groups excluding tert-OH is 2. The molecule has 0 bridgehead atoms. The lowest BCUT2D eigenvalue weighted by Crippen LogP contribution is -2.55. The first-order valence-corrected chi connectivity index (χ1v) is 14.7. The second-order valence-corrected chi connectivity index (χ2v) is 13.0. The van der Waals surface area contributed by atoms with Crippen molar-refractivity contribution in [2.45, 2.75) is 125 Å². The van der Waals surface area contributed by atoms with Gasteiger partial charge >= 0.3 is 0 Å². The molecule has 3 nitrogen and oxygen atoms in total. The zero-order valence-electron chi connectivity index (χ0n) is 23.5. The second kappa shape index (κ2) is 11.8. The lowest BCUT2D eigenvalue weighted by molar-refractivity contribution is -0.108. The number of ether oxygens (including phenoxy) is 1. The first kappa shape index (κ1) is 28.2. The summed E-state index contributed by atoms with van der Waals surface area (Å²) in [6, 6.07) is 0. The molecule has 2 N–H and O–H groups in total. The van der Waals surface area contributed by atoms with Gasteiger partial charge in [-0.05, 0) is 93.3 Å². The predicted molar refractivity (Wildman–Crippen MR) is 143 cm³/mol. The highest BCUT2D eigenvalue weighted by Gasteiger charge is 2.60. The van der Waals surface area contributed by atoms with Crippen LogP contribution in [0.25, 0.3) is 0 Å². The maximum absolute atomic E-state index is 11.1. The topological polar surface area (TPSA) is 49.7 Å². The van der Waals surface area contributed by atoms with Gasteiger partial charge in [-0.15, -0.1) is 0 Å². The summed E-state index contributed by atoms with van der Waals surface area (Å²) in [6.45, 7) is 17.9. The summed E-state index contributed by atoms with van der Waals surface area (Å²) >= 11 is 0. The van der Waals surface area contributed by atoms with E-state index in [1.165, 1.54) is 56.9 Å². The SMILES string of the molecule is CC(C)CCC[C@@H](C)[C@H]1CC[C@H]2[C@@H]3CC=C4C[C@@H](O)CC(O)[C@]4(C)[C@H]3CC[C@]12C.CCOCC. The Morgan fingerprint density at radius 3 is 2.32 bits per heavy atom. The van der Waals surface area contributed by atoms with E-state index in [4.69, 9.17) is 4.74 Å². The smallest absolute Gasteiger partial charge is 0.0658 e. The average molecular weight is 477 g/mol. The van der Waals surface area contributed by atoms with Gasteiger partial charge < -0.3 is 14.9 Å². The molecule has 3 saturated carbocycles. The van der Waals surface area contributed by atoms with Crippen LogP contribution in [0.5, 0.6) is 0 Å². The summed E-state index contributed by atoms with van der Waals surface area (Å²) in [7, 11) is 0. The highest BCUT2D eigenvalue weighted by molar-refractivity contribution is 5.27. The predicted octanol–water partition coefficient (Wildman–Crippen LogP) is 7.40. The molecule has 0 heterocycles. The van der Waals surface area contributed by atoms with Crippen LogP contribution in [0.4, 0.5) is 0 Å². The molecule has 198 valence electrons. The van der Waals surface area contributed by atoms with Crippen molar-refractivity contribution in [1.82, 2.24) is 0 Å². The van der Waals surface area contributed by atoms with Crippen molar-refractivity contribution in [3.05, 3.63) is 11.6 Å². The molecular weight excluding hydrogens is 420 g/mol. The summed E-state index contributed by atoms with van der Waals surface area (Å²) in [5.74, 6) is 4.73. The fourth-order valence-electron chi connectivity index (χ4n) is 8.93. The van der Waals surface area contributed by atoms with Crippen molar-refractivity contribution >= 4 is 0 Å². The van der Waals surface area contributed by atoms with Crippen LogP contribution in [-0.2, 0) is 4.74 Å². The first-order chi connectivity index (χ1) is 16.1. The summed E-state index contributed by atoms with van der Waals surface area (Å²) in [5.41, 5.74) is 1.77. The van der Waals surface area contributed by atoms with Crippen LogP contribution in [0.1, 0.15) is 113 Å². The lowest BCUT2D eigenvalue weighted by atomic mass is 9.46. The highest BCUT2D eigenvalue weighted by Crippen LogP contribution is 2.67. The molecule has 4 aliphatic carbocycles. The second-order valence-electron chi connectivity index (χ2n) is 13.0. The van der Waals surface area contributed by atoms with Crippen molar-refractivity contribution in [2.24, 2.45) is 46.3 Å². The van der Waals surface area contributed by atoms with E-state index < -0.39 is 0 Å². The number of rotatable bonds is 7. The van der Waals surface area contributed by atoms with Crippen molar-refractivity contribution in [3.63, 3.8) is 0 Å². The Hall–Kier alpha value is -0.380. The van der Waals surface area contributed by atoms with E-state index >= 15 is 0 Å². The van der Waals surface area contributed by atoms with E-state index in [1.54, 1.807) is 0 Å². The minimum Gasteiger partial charge on any atom is -0.393 e. The van der Waals surface area contributed by atoms with Gasteiger partial charge in [0.2, 0.25) is 0 Å². The molecule has 0 aromatic carbocycles. The zero-order chi connectivity index (χ0) is 25.1. The average Bonchev–Trinajstić information content (AvgIpc) is 3.13. The van der Waals surface area contributed by atoms with Crippen LogP contribution in [0, 0.1) is 46.3 Å². The molecule has 0 saturated heterocycles. The van der Waals surface area contributed by atoms with Crippen LogP contribution in [0.3, 0.4) is 0 Å². The standard InChI is InChI=1S/C27H46O2.C4H10O/c1-17(2)7-6-8-18(3)22-11-12-23-21-10-9-19-15-20(28)16-25(29)27(19,5)24(21)13-14-26(22,23)4;1-3-5-4-2/h9,17-18,20-25,28-29H,6-8,10-16H2,1-5H3;3-4H2,1-2H3/t18-,20-,21+,22-,23+,24+,25?,26-,27+;/m1./s1. The monoisotopic (exact) mass is 476 g/mol. The molecule has 0 aromatic rings. The minimum absolute atomic E-state index is 0.0928. The Bertz CT molecular complexity index is 670. The molecule has 34 heavy (non-hydrogen) atoms. The van der Waals surface area contributed by atoms with Gasteiger partial charge in [0, 0.05) is 25.0 Å². The van der Waals surface area contributed by atoms with E-state index in [1.807, 2.05) is 13.8 Å². The number of hydrogen-bond donors (Lipinski definition) is 2. The Labute approximate surface area is 211 Å². The number of hydrogen-bond acceptors (Lipinski definition) is 3. The molecule has 0 spiro atoms. The van der Waals surface area contributed by atoms with Gasteiger partial charge in [0.1, 0.15) is 0 Å². The Balaban J connectivity index is 0.000000588. The molecule has 0 aromatic heterocycles. The number of aliphatic hydroxyl groups is 2. The quantitative estimate of drug-likeness (QED) is 0.376. The molecule has 0 radical (unpaired) electrons. The molecule has 0 aliphatic heterocycles. The van der Waals surface area contributed by atoms with Gasteiger partial charge in [-0.25, -0.2) is 0 Å². The first-order valence-electron chi connectivity index (χ1n) is 14.7. The van der Waals surface area contributed by atoms with Gasteiger partial charge in [0.25, 0.3) is 0 Å². The van der Waals surface area contributed by atoms with Crippen LogP contribution in [0.15, 0.2) is 11.6 Å². The fraction of sp³-hybridized carbons (Fsp3) is 0.935. The van der Waals surface area contributed by atoms with Gasteiger partial charge in [-0.3, -0.25) is 0 Å². The third-order valence-corrected chi connectivity index (χ3v) is 10.8. The molecule has 9 atom stereocenters. The summed E-state index contributed by atoms with van der Waals surface area (Å²) in [4.78, 5) is 0.